The summed E-state index contributed by atoms with van der Waals surface area (Å²) < 4.78 is 1.29. The number of carbonyl (C=O) groups is 2. The topological polar surface area (TPSA) is 106 Å². The van der Waals surface area contributed by atoms with Gasteiger partial charge in [0.15, 0.2) is 17.5 Å². The second kappa shape index (κ2) is 14.0. The smallest absolute Gasteiger partial charge is 0.410 e. The largest absolute Gasteiger partial charge is 0.412 e. The number of aromatic nitrogens is 3. The highest BCUT2D eigenvalue weighted by Gasteiger charge is 2.34. The molecule has 2 amide bonds. The summed E-state index contributed by atoms with van der Waals surface area (Å²) in [5.41, 5.74) is 1.35. The SMILES string of the molecule is CCCCCCNC(=O)Oc1ccc(C(=O)Nc2ccc(-c3nc(C(Cl)(Cl)Cl)nc(C(Cl)(Cl)Cl)n3)cc2)cc1. The molecule has 0 aliphatic heterocycles. The van der Waals surface area contributed by atoms with Gasteiger partial charge in [-0.3, -0.25) is 4.79 Å². The molecule has 0 radical (unpaired) electrons. The third-order valence-electron chi connectivity index (χ3n) is 5.17. The molecule has 0 spiro atoms. The minimum atomic E-state index is -1.98. The molecular formula is C25H23Cl6N5O3. The molecule has 1 aromatic heterocycles. The molecule has 2 N–H and O–H groups in total. The number of alkyl halides is 6. The molecule has 0 atom stereocenters. The first-order chi connectivity index (χ1) is 18.4. The van der Waals surface area contributed by atoms with E-state index >= 15 is 0 Å². The van der Waals surface area contributed by atoms with Gasteiger partial charge in [0.1, 0.15) is 5.75 Å². The number of halogens is 6. The van der Waals surface area contributed by atoms with Gasteiger partial charge in [-0.1, -0.05) is 95.8 Å². The summed E-state index contributed by atoms with van der Waals surface area (Å²) in [7, 11) is 0. The van der Waals surface area contributed by atoms with Gasteiger partial charge >= 0.3 is 6.09 Å². The number of rotatable bonds is 9. The fraction of sp³-hybridized carbons (Fsp3) is 0.320. The van der Waals surface area contributed by atoms with Gasteiger partial charge in [-0.15, -0.1) is 0 Å². The number of hydrogen-bond donors (Lipinski definition) is 2. The van der Waals surface area contributed by atoms with Gasteiger partial charge in [-0.25, -0.2) is 19.7 Å². The van der Waals surface area contributed by atoms with Gasteiger partial charge in [0.25, 0.3) is 5.91 Å². The van der Waals surface area contributed by atoms with E-state index in [-0.39, 0.29) is 23.4 Å². The summed E-state index contributed by atoms with van der Waals surface area (Å²) in [5, 5.41) is 5.48. The minimum Gasteiger partial charge on any atom is -0.410 e. The number of carbonyl (C=O) groups excluding carboxylic acids is 2. The Bertz CT molecular complexity index is 1250. The molecule has 39 heavy (non-hydrogen) atoms. The zero-order valence-corrected chi connectivity index (χ0v) is 25.0. The van der Waals surface area contributed by atoms with E-state index in [1.165, 1.54) is 0 Å². The summed E-state index contributed by atoms with van der Waals surface area (Å²) in [6, 6.07) is 12.7. The summed E-state index contributed by atoms with van der Waals surface area (Å²) >= 11 is 35.5. The van der Waals surface area contributed by atoms with Crippen LogP contribution in [0.25, 0.3) is 11.4 Å². The highest BCUT2D eigenvalue weighted by atomic mass is 35.6. The predicted molar refractivity (Wildman–Crippen MR) is 156 cm³/mol. The van der Waals surface area contributed by atoms with Crippen LogP contribution < -0.4 is 15.4 Å². The van der Waals surface area contributed by atoms with Crippen molar-refractivity contribution in [2.45, 2.75) is 40.2 Å². The van der Waals surface area contributed by atoms with Crippen molar-refractivity contribution < 1.29 is 14.3 Å². The van der Waals surface area contributed by atoms with Crippen molar-refractivity contribution in [3.63, 3.8) is 0 Å². The standard InChI is InChI=1S/C25H23Cl6N5O3/c1-2-3-4-5-14-32-23(38)39-18-12-8-16(9-13-18)20(37)33-17-10-6-15(7-11-17)19-34-21(24(26,27)28)36-22(35-19)25(29,30)31/h6-13H,2-5,14H2,1H3,(H,32,38)(H,33,37). The zero-order chi connectivity index (χ0) is 28.6. The average molecular weight is 654 g/mol. The monoisotopic (exact) mass is 651 g/mol. The van der Waals surface area contributed by atoms with Gasteiger partial charge in [0.05, 0.1) is 0 Å². The van der Waals surface area contributed by atoms with E-state index in [4.69, 9.17) is 74.3 Å². The Hall–Kier alpha value is -2.07. The highest BCUT2D eigenvalue weighted by Crippen LogP contribution is 2.40. The molecule has 0 aliphatic carbocycles. The van der Waals surface area contributed by atoms with E-state index in [2.05, 4.69) is 32.5 Å². The Kier molecular flexibility index (Phi) is 11.3. The maximum atomic E-state index is 12.7. The van der Waals surface area contributed by atoms with E-state index in [0.29, 0.717) is 29.1 Å². The Morgan fingerprint density at radius 2 is 1.38 bits per heavy atom. The van der Waals surface area contributed by atoms with Crippen molar-refractivity contribution in [1.82, 2.24) is 20.3 Å². The Morgan fingerprint density at radius 1 is 0.795 bits per heavy atom. The highest BCUT2D eigenvalue weighted by molar-refractivity contribution is 6.67. The molecule has 3 aromatic rings. The van der Waals surface area contributed by atoms with E-state index < -0.39 is 13.7 Å². The maximum Gasteiger partial charge on any atom is 0.412 e. The third-order valence-corrected chi connectivity index (χ3v) is 6.18. The van der Waals surface area contributed by atoms with Crippen molar-refractivity contribution in [1.29, 1.82) is 0 Å². The number of nitrogens with one attached hydrogen (secondary N) is 2. The van der Waals surface area contributed by atoms with Crippen LogP contribution in [0.4, 0.5) is 10.5 Å². The third kappa shape index (κ3) is 9.81. The number of amides is 2. The van der Waals surface area contributed by atoms with Crippen LogP contribution in [-0.4, -0.2) is 33.5 Å². The fourth-order valence-electron chi connectivity index (χ4n) is 3.22. The lowest BCUT2D eigenvalue weighted by Gasteiger charge is -2.15. The molecule has 208 valence electrons. The number of benzene rings is 2. The van der Waals surface area contributed by atoms with Crippen LogP contribution in [-0.2, 0) is 7.59 Å². The van der Waals surface area contributed by atoms with Crippen molar-refractivity contribution in [2.24, 2.45) is 0 Å². The lowest BCUT2D eigenvalue weighted by Crippen LogP contribution is -2.27. The maximum absolute atomic E-state index is 12.7. The quantitative estimate of drug-likeness (QED) is 0.179. The molecule has 1 heterocycles. The lowest BCUT2D eigenvalue weighted by atomic mass is 10.1. The van der Waals surface area contributed by atoms with Gasteiger partial charge in [-0.05, 0) is 55.0 Å². The molecule has 0 unspecified atom stereocenters. The van der Waals surface area contributed by atoms with Crippen LogP contribution in [0.1, 0.15) is 54.6 Å². The lowest BCUT2D eigenvalue weighted by molar-refractivity contribution is 0.102. The van der Waals surface area contributed by atoms with Gasteiger partial charge in [0.2, 0.25) is 7.59 Å². The molecule has 8 nitrogen and oxygen atoms in total. The van der Waals surface area contributed by atoms with Crippen LogP contribution >= 0.6 is 69.6 Å². The predicted octanol–water partition coefficient (Wildman–Crippen LogP) is 8.11. The molecular weight excluding hydrogens is 631 g/mol. The second-order valence-electron chi connectivity index (χ2n) is 8.23. The fourth-order valence-corrected chi connectivity index (χ4v) is 3.73. The van der Waals surface area contributed by atoms with Crippen LogP contribution in [0, 0.1) is 0 Å². The molecule has 0 aliphatic rings. The number of unbranched alkanes of at least 4 members (excludes halogenated alkanes) is 3. The van der Waals surface area contributed by atoms with Crippen LogP contribution in [0.3, 0.4) is 0 Å². The van der Waals surface area contributed by atoms with Gasteiger partial charge < -0.3 is 15.4 Å². The molecule has 3 rings (SSSR count). The summed E-state index contributed by atoms with van der Waals surface area (Å²) in [6.45, 7) is 2.67. The number of hydrogen-bond acceptors (Lipinski definition) is 6. The first kappa shape index (κ1) is 31.5. The summed E-state index contributed by atoms with van der Waals surface area (Å²) in [5.74, 6) is -0.373. The molecule has 2 aromatic carbocycles. The van der Waals surface area contributed by atoms with Gasteiger partial charge in [0, 0.05) is 23.4 Å². The minimum absolute atomic E-state index is 0.103. The van der Waals surface area contributed by atoms with Crippen LogP contribution in [0.15, 0.2) is 48.5 Å². The average Bonchev–Trinajstić information content (AvgIpc) is 2.88. The number of anilines is 1. The molecule has 0 fully saturated rings. The van der Waals surface area contributed by atoms with Crippen LogP contribution in [0.5, 0.6) is 5.75 Å². The molecule has 0 bridgehead atoms. The van der Waals surface area contributed by atoms with E-state index in [1.54, 1.807) is 48.5 Å². The van der Waals surface area contributed by atoms with E-state index in [0.717, 1.165) is 25.7 Å². The van der Waals surface area contributed by atoms with Crippen molar-refractivity contribution in [2.75, 3.05) is 11.9 Å². The number of nitrogens with zero attached hydrogens (tertiary/aromatic N) is 3. The van der Waals surface area contributed by atoms with E-state index in [9.17, 15) is 9.59 Å². The Balaban J connectivity index is 1.63. The van der Waals surface area contributed by atoms with Gasteiger partial charge in [-0.2, -0.15) is 0 Å². The molecule has 14 heteroatoms. The summed E-state index contributed by atoms with van der Waals surface area (Å²) in [4.78, 5) is 36.9. The normalized spacial score (nSPS) is 11.7. The van der Waals surface area contributed by atoms with Crippen molar-refractivity contribution in [3.05, 3.63) is 65.7 Å². The zero-order valence-electron chi connectivity index (χ0n) is 20.5. The van der Waals surface area contributed by atoms with E-state index in [1.807, 2.05) is 0 Å². The number of ether oxygens (including phenoxy) is 1. The van der Waals surface area contributed by atoms with Crippen molar-refractivity contribution >= 4 is 87.3 Å². The first-order valence-electron chi connectivity index (χ1n) is 11.7. The molecule has 0 saturated heterocycles. The first-order valence-corrected chi connectivity index (χ1v) is 14.0. The second-order valence-corrected chi connectivity index (χ2v) is 12.8. The summed E-state index contributed by atoms with van der Waals surface area (Å²) in [6.07, 6.45) is 3.66. The van der Waals surface area contributed by atoms with Crippen LogP contribution in [0.2, 0.25) is 0 Å². The molecule has 0 saturated carbocycles. The van der Waals surface area contributed by atoms with Crippen molar-refractivity contribution in [3.8, 4) is 17.1 Å². The Morgan fingerprint density at radius 3 is 1.92 bits per heavy atom. The Labute approximate surface area is 255 Å².